The van der Waals surface area contributed by atoms with E-state index in [4.69, 9.17) is 0 Å². The minimum absolute atomic E-state index is 0.476. The molecule has 2 atom stereocenters. The monoisotopic (exact) mass is 510 g/mol. The fourth-order valence-electron chi connectivity index (χ4n) is 7.09. The maximum absolute atomic E-state index is 2.53. The lowest BCUT2D eigenvalue weighted by Gasteiger charge is -2.28. The molecule has 0 amide bonds. The molecule has 0 saturated carbocycles. The Hall–Kier alpha value is -4.68. The number of hydrogen-bond donors (Lipinski definition) is 0. The number of allylic oxidation sites excluding steroid dienone is 4. The first-order valence-electron chi connectivity index (χ1n) is 14.4. The highest BCUT2D eigenvalue weighted by atomic mass is 14.3. The first kappa shape index (κ1) is 23.2. The van der Waals surface area contributed by atoms with E-state index in [2.05, 4.69) is 146 Å². The van der Waals surface area contributed by atoms with Gasteiger partial charge in [0.15, 0.2) is 0 Å². The van der Waals surface area contributed by atoms with Crippen LogP contribution in [0, 0.1) is 11.8 Å². The van der Waals surface area contributed by atoms with Crippen LogP contribution in [0.3, 0.4) is 0 Å². The molecule has 0 heteroatoms. The smallest absolute Gasteiger partial charge is 0.00262 e. The Kier molecular flexibility index (Phi) is 5.52. The van der Waals surface area contributed by atoms with E-state index in [1.807, 2.05) is 0 Å². The molecule has 0 saturated heterocycles. The van der Waals surface area contributed by atoms with Crippen LogP contribution < -0.4 is 10.4 Å². The van der Waals surface area contributed by atoms with E-state index in [0.717, 1.165) is 12.8 Å². The largest absolute Gasteiger partial charge is 0.0839 e. The van der Waals surface area contributed by atoms with Gasteiger partial charge in [-0.25, -0.2) is 0 Å². The molecule has 8 rings (SSSR count). The van der Waals surface area contributed by atoms with Crippen LogP contribution >= 0.6 is 0 Å². The van der Waals surface area contributed by atoms with Gasteiger partial charge in [0.2, 0.25) is 0 Å². The standard InChI is InChI=1S/C40H30/c1-2-12-27(13-3-1)32-25-30-16-6-7-17-33(30)38(26-32)40-36-20-10-8-18-34(36)39(35-19-9-11-21-37(35)40)31-23-22-28-14-4-5-15-29(28)24-31/h1-12,14-25,27,32H,13,26H2. The van der Waals surface area contributed by atoms with Gasteiger partial charge >= 0.3 is 0 Å². The van der Waals surface area contributed by atoms with Crippen molar-refractivity contribution in [3.8, 4) is 11.1 Å². The lowest BCUT2D eigenvalue weighted by molar-refractivity contribution is 0.505. The summed E-state index contributed by atoms with van der Waals surface area (Å²) in [6.45, 7) is 0. The summed E-state index contributed by atoms with van der Waals surface area (Å²) in [4.78, 5) is 0. The Balaban J connectivity index is 1.45. The zero-order chi connectivity index (χ0) is 26.5. The average Bonchev–Trinajstić information content (AvgIpc) is 3.03. The van der Waals surface area contributed by atoms with Gasteiger partial charge in [0.25, 0.3) is 0 Å². The number of benzene rings is 6. The third-order valence-electron chi connectivity index (χ3n) is 8.95. The van der Waals surface area contributed by atoms with E-state index in [1.54, 1.807) is 0 Å². The van der Waals surface area contributed by atoms with Gasteiger partial charge in [-0.05, 0) is 95.8 Å². The molecule has 2 aliphatic rings. The second kappa shape index (κ2) is 9.50. The third kappa shape index (κ3) is 3.75. The molecule has 0 aliphatic heterocycles. The van der Waals surface area contributed by atoms with E-state index < -0.39 is 0 Å². The van der Waals surface area contributed by atoms with Crippen molar-refractivity contribution in [2.45, 2.75) is 12.8 Å². The van der Waals surface area contributed by atoms with Crippen LogP contribution in [0.4, 0.5) is 0 Å². The molecular weight excluding hydrogens is 480 g/mol. The van der Waals surface area contributed by atoms with Gasteiger partial charge in [0.05, 0.1) is 0 Å². The molecule has 0 heterocycles. The zero-order valence-corrected chi connectivity index (χ0v) is 22.4. The summed E-state index contributed by atoms with van der Waals surface area (Å²) in [6, 6.07) is 42.7. The Morgan fingerprint density at radius 2 is 1.18 bits per heavy atom. The van der Waals surface area contributed by atoms with E-state index in [1.165, 1.54) is 65.0 Å². The van der Waals surface area contributed by atoms with Crippen molar-refractivity contribution in [1.29, 1.82) is 0 Å². The molecule has 0 radical (unpaired) electrons. The van der Waals surface area contributed by atoms with Crippen LogP contribution in [-0.4, -0.2) is 0 Å². The molecule has 0 fully saturated rings. The number of fused-ring (bicyclic) bond motifs is 4. The minimum Gasteiger partial charge on any atom is -0.0839 e. The lowest BCUT2D eigenvalue weighted by atomic mass is 9.76. The predicted molar refractivity (Wildman–Crippen MR) is 172 cm³/mol. The van der Waals surface area contributed by atoms with Gasteiger partial charge < -0.3 is 0 Å². The van der Waals surface area contributed by atoms with E-state index in [0.29, 0.717) is 11.8 Å². The zero-order valence-electron chi connectivity index (χ0n) is 22.4. The predicted octanol–water partition coefficient (Wildman–Crippen LogP) is 8.94. The quantitative estimate of drug-likeness (QED) is 0.209. The van der Waals surface area contributed by atoms with Crippen molar-refractivity contribution in [2.24, 2.45) is 11.8 Å². The third-order valence-corrected chi connectivity index (χ3v) is 8.95. The van der Waals surface area contributed by atoms with E-state index in [9.17, 15) is 0 Å². The summed E-state index contributed by atoms with van der Waals surface area (Å²) in [5.74, 6) is 1.01. The normalized spacial score (nSPS) is 18.2. The van der Waals surface area contributed by atoms with Crippen LogP contribution in [0.25, 0.3) is 55.1 Å². The van der Waals surface area contributed by atoms with Crippen molar-refractivity contribution < 1.29 is 0 Å². The van der Waals surface area contributed by atoms with Crippen molar-refractivity contribution in [2.75, 3.05) is 0 Å². The van der Waals surface area contributed by atoms with Crippen molar-refractivity contribution in [3.05, 3.63) is 156 Å². The first-order chi connectivity index (χ1) is 19.8. The van der Waals surface area contributed by atoms with Crippen LogP contribution in [0.5, 0.6) is 0 Å². The molecule has 0 nitrogen and oxygen atoms in total. The van der Waals surface area contributed by atoms with Gasteiger partial charge in [-0.15, -0.1) is 0 Å². The van der Waals surface area contributed by atoms with Crippen molar-refractivity contribution >= 4 is 44.0 Å². The summed E-state index contributed by atoms with van der Waals surface area (Å²) in [5, 5.41) is 10.6. The highest BCUT2D eigenvalue weighted by Crippen LogP contribution is 2.44. The minimum atomic E-state index is 0.476. The summed E-state index contributed by atoms with van der Waals surface area (Å²) >= 11 is 0. The molecule has 2 unspecified atom stereocenters. The van der Waals surface area contributed by atoms with E-state index in [-0.39, 0.29) is 0 Å². The maximum Gasteiger partial charge on any atom is -0.00262 e. The Labute approximate surface area is 234 Å². The summed E-state index contributed by atoms with van der Waals surface area (Å²) in [6.07, 6.45) is 13.8. The molecule has 6 aromatic carbocycles. The van der Waals surface area contributed by atoms with Crippen LogP contribution in [0.2, 0.25) is 0 Å². The summed E-state index contributed by atoms with van der Waals surface area (Å²) < 4.78 is 0. The highest BCUT2D eigenvalue weighted by Gasteiger charge is 2.25. The van der Waals surface area contributed by atoms with E-state index >= 15 is 0 Å². The van der Waals surface area contributed by atoms with Gasteiger partial charge in [0.1, 0.15) is 0 Å². The van der Waals surface area contributed by atoms with Gasteiger partial charge in [-0.2, -0.15) is 0 Å². The molecule has 0 bridgehead atoms. The summed E-state index contributed by atoms with van der Waals surface area (Å²) in [5.41, 5.74) is 5.48. The second-order valence-electron chi connectivity index (χ2n) is 11.2. The molecule has 2 aliphatic carbocycles. The van der Waals surface area contributed by atoms with Crippen LogP contribution in [0.1, 0.15) is 18.4 Å². The topological polar surface area (TPSA) is 0 Å². The SMILES string of the molecule is C1=CCC(C2C=c3ccccc3=C(c3c4ccccc4c(-c4ccc5ccccc5c4)c4ccccc34)C2)C=C1. The molecule has 0 aromatic heterocycles. The van der Waals surface area contributed by atoms with Crippen molar-refractivity contribution in [3.63, 3.8) is 0 Å². The Morgan fingerprint density at radius 3 is 1.90 bits per heavy atom. The van der Waals surface area contributed by atoms with Gasteiger partial charge in [-0.3, -0.25) is 0 Å². The lowest BCUT2D eigenvalue weighted by Crippen LogP contribution is -2.34. The number of hydrogen-bond acceptors (Lipinski definition) is 0. The van der Waals surface area contributed by atoms with Crippen LogP contribution in [-0.2, 0) is 0 Å². The van der Waals surface area contributed by atoms with Gasteiger partial charge in [0, 0.05) is 0 Å². The fourth-order valence-corrected chi connectivity index (χ4v) is 7.09. The Morgan fingerprint density at radius 1 is 0.525 bits per heavy atom. The van der Waals surface area contributed by atoms with Crippen LogP contribution in [0.15, 0.2) is 140 Å². The molecule has 190 valence electrons. The average molecular weight is 511 g/mol. The molecular formula is C40H30. The summed E-state index contributed by atoms with van der Waals surface area (Å²) in [7, 11) is 0. The first-order valence-corrected chi connectivity index (χ1v) is 14.4. The molecule has 6 aromatic rings. The molecule has 0 N–H and O–H groups in total. The molecule has 40 heavy (non-hydrogen) atoms. The van der Waals surface area contributed by atoms with Gasteiger partial charge in [-0.1, -0.05) is 140 Å². The fraction of sp³-hybridized carbons (Fsp3) is 0.100. The Bertz CT molecular complexity index is 2070. The van der Waals surface area contributed by atoms with Crippen molar-refractivity contribution in [1.82, 2.24) is 0 Å². The molecule has 0 spiro atoms. The highest BCUT2D eigenvalue weighted by molar-refractivity contribution is 6.19. The maximum atomic E-state index is 2.53. The number of rotatable bonds is 3. The second-order valence-corrected chi connectivity index (χ2v) is 11.2.